The zero-order valence-corrected chi connectivity index (χ0v) is 17.7. The van der Waals surface area contributed by atoms with Crippen LogP contribution >= 0.6 is 0 Å². The normalized spacial score (nSPS) is 12.6. The lowest BCUT2D eigenvalue weighted by molar-refractivity contribution is -0.127. The van der Waals surface area contributed by atoms with Gasteiger partial charge in [-0.05, 0) is 49.4 Å². The quantitative estimate of drug-likeness (QED) is 0.407. The fourth-order valence-electron chi connectivity index (χ4n) is 4.41. The van der Waals surface area contributed by atoms with Crippen molar-refractivity contribution in [3.63, 3.8) is 0 Å². The highest BCUT2D eigenvalue weighted by Crippen LogP contribution is 2.34. The number of amides is 1. The summed E-state index contributed by atoms with van der Waals surface area (Å²) in [4.78, 5) is 30.4. The predicted octanol–water partition coefficient (Wildman–Crippen LogP) is 4.27. The zero-order valence-electron chi connectivity index (χ0n) is 17.7. The Balaban J connectivity index is 1.41. The second-order valence-corrected chi connectivity index (χ2v) is 7.98. The van der Waals surface area contributed by atoms with Gasteiger partial charge in [0.2, 0.25) is 0 Å². The first-order valence-corrected chi connectivity index (χ1v) is 10.7. The minimum absolute atomic E-state index is 0.0783. The number of carbonyl (C=O) groups is 1. The van der Waals surface area contributed by atoms with Crippen LogP contribution < -0.4 is 15.6 Å². The molecular formula is C26H19N3O4. The van der Waals surface area contributed by atoms with E-state index in [2.05, 4.69) is 10.3 Å². The molecule has 4 aromatic heterocycles. The first kappa shape index (κ1) is 19.3. The van der Waals surface area contributed by atoms with Crippen LogP contribution in [-0.2, 0) is 11.3 Å². The Labute approximate surface area is 187 Å². The molecule has 1 atom stereocenters. The van der Waals surface area contributed by atoms with Crippen LogP contribution in [0.5, 0.6) is 5.75 Å². The molecule has 33 heavy (non-hydrogen) atoms. The Morgan fingerprint density at radius 2 is 1.91 bits per heavy atom. The van der Waals surface area contributed by atoms with E-state index >= 15 is 0 Å². The van der Waals surface area contributed by atoms with Crippen LogP contribution in [0.1, 0.15) is 12.7 Å². The summed E-state index contributed by atoms with van der Waals surface area (Å²) in [5.74, 6) is 0.971. The van der Waals surface area contributed by atoms with Gasteiger partial charge in [-0.15, -0.1) is 0 Å². The second-order valence-electron chi connectivity index (χ2n) is 7.98. The van der Waals surface area contributed by atoms with Crippen molar-refractivity contribution in [1.29, 1.82) is 0 Å². The highest BCUT2D eigenvalue weighted by molar-refractivity contribution is 6.18. The minimum Gasteiger partial charge on any atom is -0.481 e. The van der Waals surface area contributed by atoms with Crippen molar-refractivity contribution in [1.82, 2.24) is 14.7 Å². The van der Waals surface area contributed by atoms with Crippen LogP contribution in [0, 0.1) is 0 Å². The molecule has 0 spiro atoms. The van der Waals surface area contributed by atoms with Crippen LogP contribution in [0.2, 0.25) is 0 Å². The fourth-order valence-corrected chi connectivity index (χ4v) is 4.41. The van der Waals surface area contributed by atoms with Crippen LogP contribution in [0.15, 0.2) is 82.3 Å². The molecule has 0 aliphatic rings. The molecule has 0 saturated heterocycles. The maximum Gasteiger partial charge on any atom is 0.263 e. The Hall–Kier alpha value is -4.39. The molecule has 7 heteroatoms. The van der Waals surface area contributed by atoms with Crippen LogP contribution in [-0.4, -0.2) is 21.4 Å². The Bertz CT molecular complexity index is 1700. The molecule has 0 aliphatic heterocycles. The second kappa shape index (κ2) is 7.34. The van der Waals surface area contributed by atoms with Crippen molar-refractivity contribution in [3.8, 4) is 5.75 Å². The lowest BCUT2D eigenvalue weighted by Gasteiger charge is -2.14. The number of nitrogens with one attached hydrogen (secondary N) is 1. The SMILES string of the molecule is CC(Oc1ccc2c(c1)c1ccnc3c4ccccc4c(=O)n2c13)C(=O)NCc1ccco1. The van der Waals surface area contributed by atoms with Gasteiger partial charge in [0.15, 0.2) is 6.10 Å². The molecule has 1 unspecified atom stereocenters. The van der Waals surface area contributed by atoms with Crippen molar-refractivity contribution in [3.05, 3.63) is 89.2 Å². The van der Waals surface area contributed by atoms with Gasteiger partial charge >= 0.3 is 0 Å². The number of ether oxygens (including phenoxy) is 1. The van der Waals surface area contributed by atoms with Crippen molar-refractivity contribution >= 4 is 44.0 Å². The van der Waals surface area contributed by atoms with Gasteiger partial charge in [0.25, 0.3) is 11.5 Å². The maximum atomic E-state index is 13.3. The molecule has 0 radical (unpaired) electrons. The van der Waals surface area contributed by atoms with Gasteiger partial charge in [-0.3, -0.25) is 19.0 Å². The van der Waals surface area contributed by atoms with E-state index in [1.165, 1.54) is 0 Å². The van der Waals surface area contributed by atoms with Crippen molar-refractivity contribution in [2.75, 3.05) is 0 Å². The van der Waals surface area contributed by atoms with Crippen molar-refractivity contribution in [2.24, 2.45) is 0 Å². The smallest absolute Gasteiger partial charge is 0.263 e. The van der Waals surface area contributed by atoms with Crippen LogP contribution in [0.4, 0.5) is 0 Å². The zero-order chi connectivity index (χ0) is 22.5. The topological polar surface area (TPSA) is 85.8 Å². The molecular weight excluding hydrogens is 418 g/mol. The molecule has 4 heterocycles. The third kappa shape index (κ3) is 3.01. The van der Waals surface area contributed by atoms with Gasteiger partial charge in [0, 0.05) is 27.7 Å². The third-order valence-corrected chi connectivity index (χ3v) is 5.96. The van der Waals surface area contributed by atoms with E-state index < -0.39 is 6.10 Å². The molecule has 7 nitrogen and oxygen atoms in total. The van der Waals surface area contributed by atoms with Gasteiger partial charge in [-0.2, -0.15) is 0 Å². The van der Waals surface area contributed by atoms with Crippen LogP contribution in [0.3, 0.4) is 0 Å². The molecule has 0 aliphatic carbocycles. The maximum absolute atomic E-state index is 13.3. The molecule has 0 bridgehead atoms. The fraction of sp³-hybridized carbons (Fsp3) is 0.115. The molecule has 0 fully saturated rings. The number of carbonyl (C=O) groups excluding carboxylic acids is 1. The largest absolute Gasteiger partial charge is 0.481 e. The van der Waals surface area contributed by atoms with Crippen molar-refractivity contribution in [2.45, 2.75) is 19.6 Å². The Kier molecular flexibility index (Phi) is 4.29. The number of rotatable bonds is 5. The summed E-state index contributed by atoms with van der Waals surface area (Å²) in [6.07, 6.45) is 2.62. The third-order valence-electron chi connectivity index (χ3n) is 5.96. The number of fused-ring (bicyclic) bond motifs is 5. The summed E-state index contributed by atoms with van der Waals surface area (Å²) in [7, 11) is 0. The first-order chi connectivity index (χ1) is 16.1. The number of benzene rings is 2. The summed E-state index contributed by atoms with van der Waals surface area (Å²) >= 11 is 0. The van der Waals surface area contributed by atoms with E-state index in [0.717, 1.165) is 32.7 Å². The van der Waals surface area contributed by atoms with Gasteiger partial charge in [0.05, 0.1) is 29.4 Å². The number of furan rings is 1. The molecule has 6 aromatic rings. The summed E-state index contributed by atoms with van der Waals surface area (Å²) < 4.78 is 12.9. The molecule has 162 valence electrons. The van der Waals surface area contributed by atoms with Crippen LogP contribution in [0.25, 0.3) is 38.1 Å². The molecule has 0 saturated carbocycles. The van der Waals surface area contributed by atoms with E-state index in [9.17, 15) is 9.59 Å². The summed E-state index contributed by atoms with van der Waals surface area (Å²) in [6, 6.07) is 18.5. The highest BCUT2D eigenvalue weighted by Gasteiger charge is 2.19. The van der Waals surface area contributed by atoms with E-state index in [1.807, 2.05) is 42.5 Å². The lowest BCUT2D eigenvalue weighted by Crippen LogP contribution is -2.35. The average Bonchev–Trinajstić information content (AvgIpc) is 3.48. The Morgan fingerprint density at radius 1 is 1.06 bits per heavy atom. The standard InChI is InChI=1S/C26H19N3O4/c1-15(25(30)28-14-17-5-4-12-32-17)33-16-8-9-22-21(13-16)19-10-11-27-23-18-6-2-3-7-20(18)26(31)29(22)24(19)23/h2-13,15H,14H2,1H3,(H,28,30). The lowest BCUT2D eigenvalue weighted by atomic mass is 10.1. The number of nitrogens with zero attached hydrogens (tertiary/aromatic N) is 2. The summed E-state index contributed by atoms with van der Waals surface area (Å²) in [6.45, 7) is 1.99. The van der Waals surface area contributed by atoms with Gasteiger partial charge < -0.3 is 14.5 Å². The molecule has 1 amide bonds. The van der Waals surface area contributed by atoms with E-state index in [0.29, 0.717) is 23.4 Å². The highest BCUT2D eigenvalue weighted by atomic mass is 16.5. The van der Waals surface area contributed by atoms with E-state index in [-0.39, 0.29) is 11.5 Å². The molecule has 1 N–H and O–H groups in total. The number of hydrogen-bond acceptors (Lipinski definition) is 5. The average molecular weight is 437 g/mol. The first-order valence-electron chi connectivity index (χ1n) is 10.7. The van der Waals surface area contributed by atoms with E-state index in [4.69, 9.17) is 9.15 Å². The van der Waals surface area contributed by atoms with Crippen molar-refractivity contribution < 1.29 is 13.9 Å². The predicted molar refractivity (Wildman–Crippen MR) is 126 cm³/mol. The van der Waals surface area contributed by atoms with Gasteiger partial charge in [0.1, 0.15) is 11.5 Å². The number of aromatic nitrogens is 2. The van der Waals surface area contributed by atoms with Gasteiger partial charge in [-0.25, -0.2) is 0 Å². The summed E-state index contributed by atoms with van der Waals surface area (Å²) in [5, 5.41) is 6.05. The summed E-state index contributed by atoms with van der Waals surface area (Å²) in [5.41, 5.74) is 2.27. The number of hydrogen-bond donors (Lipinski definition) is 1. The molecule has 6 rings (SSSR count). The Morgan fingerprint density at radius 3 is 2.73 bits per heavy atom. The van der Waals surface area contributed by atoms with Gasteiger partial charge in [-0.1, -0.05) is 18.2 Å². The minimum atomic E-state index is -0.704. The number of pyridine rings is 2. The monoisotopic (exact) mass is 437 g/mol. The molecule has 2 aromatic carbocycles. The van der Waals surface area contributed by atoms with E-state index in [1.54, 1.807) is 42.0 Å².